The van der Waals surface area contributed by atoms with Crippen molar-refractivity contribution < 1.29 is 19.4 Å². The summed E-state index contributed by atoms with van der Waals surface area (Å²) in [6, 6.07) is 4.73. The van der Waals surface area contributed by atoms with Crippen molar-refractivity contribution in [1.29, 1.82) is 0 Å². The van der Waals surface area contributed by atoms with Crippen molar-refractivity contribution in [3.05, 3.63) is 29.3 Å². The van der Waals surface area contributed by atoms with Crippen LogP contribution in [0, 0.1) is 6.92 Å². The van der Waals surface area contributed by atoms with Crippen molar-refractivity contribution in [2.24, 2.45) is 0 Å². The van der Waals surface area contributed by atoms with Crippen LogP contribution in [0.4, 0.5) is 0 Å². The Morgan fingerprint density at radius 2 is 1.95 bits per heavy atom. The van der Waals surface area contributed by atoms with E-state index in [0.29, 0.717) is 11.3 Å². The predicted octanol–water partition coefficient (Wildman–Crippen LogP) is 2.38. The molecule has 20 heavy (non-hydrogen) atoms. The quantitative estimate of drug-likeness (QED) is 0.803. The number of carbonyl (C=O) groups excluding carboxylic acids is 1. The topological polar surface area (TPSA) is 75.6 Å². The number of rotatable bonds is 7. The zero-order chi connectivity index (χ0) is 15.1. The number of carbonyl (C=O) groups is 2. The van der Waals surface area contributed by atoms with Gasteiger partial charge in [-0.2, -0.15) is 0 Å². The lowest BCUT2D eigenvalue weighted by atomic mass is 10.1. The second-order valence-corrected chi connectivity index (χ2v) is 4.66. The van der Waals surface area contributed by atoms with Gasteiger partial charge < -0.3 is 15.2 Å². The molecule has 0 fully saturated rings. The SMILES string of the molecule is CCC(CC)NC(=O)COc1ccc(C(=O)O)cc1C. The van der Waals surface area contributed by atoms with Crippen LogP contribution in [0.1, 0.15) is 42.6 Å². The Kier molecular flexibility index (Phi) is 6.03. The van der Waals surface area contributed by atoms with E-state index in [4.69, 9.17) is 9.84 Å². The van der Waals surface area contributed by atoms with E-state index in [1.54, 1.807) is 13.0 Å². The van der Waals surface area contributed by atoms with Gasteiger partial charge in [0.2, 0.25) is 0 Å². The lowest BCUT2D eigenvalue weighted by Crippen LogP contribution is -2.37. The number of nitrogens with one attached hydrogen (secondary N) is 1. The van der Waals surface area contributed by atoms with Gasteiger partial charge in [0, 0.05) is 6.04 Å². The van der Waals surface area contributed by atoms with Crippen LogP contribution in [-0.2, 0) is 4.79 Å². The Balaban J connectivity index is 2.57. The van der Waals surface area contributed by atoms with Gasteiger partial charge in [-0.3, -0.25) is 4.79 Å². The van der Waals surface area contributed by atoms with Crippen LogP contribution in [0.2, 0.25) is 0 Å². The molecule has 5 nitrogen and oxygen atoms in total. The minimum Gasteiger partial charge on any atom is -0.484 e. The molecule has 0 heterocycles. The molecule has 110 valence electrons. The molecule has 0 aliphatic carbocycles. The number of aromatic carboxylic acids is 1. The Morgan fingerprint density at radius 1 is 1.30 bits per heavy atom. The molecule has 1 aromatic rings. The molecule has 0 radical (unpaired) electrons. The van der Waals surface area contributed by atoms with Crippen LogP contribution in [-0.4, -0.2) is 29.6 Å². The Bertz CT molecular complexity index is 481. The minimum atomic E-state index is -0.980. The molecule has 0 bridgehead atoms. The number of carboxylic acids is 1. The van der Waals surface area contributed by atoms with Crippen LogP contribution in [0.3, 0.4) is 0 Å². The number of hydrogen-bond acceptors (Lipinski definition) is 3. The lowest BCUT2D eigenvalue weighted by Gasteiger charge is -2.15. The molecule has 0 unspecified atom stereocenters. The van der Waals surface area contributed by atoms with Gasteiger partial charge in [0.1, 0.15) is 5.75 Å². The number of aryl methyl sites for hydroxylation is 1. The van der Waals surface area contributed by atoms with Crippen LogP contribution in [0.15, 0.2) is 18.2 Å². The number of amides is 1. The summed E-state index contributed by atoms with van der Waals surface area (Å²) in [4.78, 5) is 22.5. The third-order valence-corrected chi connectivity index (χ3v) is 3.13. The van der Waals surface area contributed by atoms with Crippen LogP contribution >= 0.6 is 0 Å². The number of ether oxygens (including phenoxy) is 1. The highest BCUT2D eigenvalue weighted by Gasteiger charge is 2.11. The lowest BCUT2D eigenvalue weighted by molar-refractivity contribution is -0.123. The second kappa shape index (κ2) is 7.53. The van der Waals surface area contributed by atoms with Gasteiger partial charge >= 0.3 is 5.97 Å². The molecule has 0 aliphatic heterocycles. The first kappa shape index (κ1) is 16.0. The molecule has 1 rings (SSSR count). The van der Waals surface area contributed by atoms with E-state index in [1.807, 2.05) is 13.8 Å². The van der Waals surface area contributed by atoms with Gasteiger partial charge in [-0.25, -0.2) is 4.79 Å². The maximum atomic E-state index is 11.7. The smallest absolute Gasteiger partial charge is 0.335 e. The second-order valence-electron chi connectivity index (χ2n) is 4.66. The van der Waals surface area contributed by atoms with E-state index in [0.717, 1.165) is 12.8 Å². The van der Waals surface area contributed by atoms with Gasteiger partial charge in [-0.1, -0.05) is 13.8 Å². The maximum Gasteiger partial charge on any atom is 0.335 e. The van der Waals surface area contributed by atoms with E-state index >= 15 is 0 Å². The Labute approximate surface area is 118 Å². The Hall–Kier alpha value is -2.04. The van der Waals surface area contributed by atoms with Crippen molar-refractivity contribution in [2.75, 3.05) is 6.61 Å². The average molecular weight is 279 g/mol. The molecule has 0 atom stereocenters. The van der Waals surface area contributed by atoms with Crippen LogP contribution in [0.25, 0.3) is 0 Å². The number of carboxylic acid groups (broad SMARTS) is 1. The normalized spacial score (nSPS) is 10.4. The molecule has 2 N–H and O–H groups in total. The van der Waals surface area contributed by atoms with Gasteiger partial charge in [-0.05, 0) is 43.5 Å². The van der Waals surface area contributed by atoms with Gasteiger partial charge in [-0.15, -0.1) is 0 Å². The van der Waals surface area contributed by atoms with Crippen molar-refractivity contribution in [3.8, 4) is 5.75 Å². The molecule has 0 aromatic heterocycles. The first-order valence-electron chi connectivity index (χ1n) is 6.74. The Morgan fingerprint density at radius 3 is 2.45 bits per heavy atom. The molecular weight excluding hydrogens is 258 g/mol. The molecule has 0 saturated carbocycles. The van der Waals surface area contributed by atoms with Gasteiger partial charge in [0.05, 0.1) is 5.56 Å². The largest absolute Gasteiger partial charge is 0.484 e. The summed E-state index contributed by atoms with van der Waals surface area (Å²) in [7, 11) is 0. The van der Waals surface area contributed by atoms with Gasteiger partial charge in [0.15, 0.2) is 6.61 Å². The summed E-state index contributed by atoms with van der Waals surface area (Å²) in [5, 5.41) is 11.7. The van der Waals surface area contributed by atoms with E-state index < -0.39 is 5.97 Å². The zero-order valence-corrected chi connectivity index (χ0v) is 12.1. The fourth-order valence-corrected chi connectivity index (χ4v) is 1.85. The fraction of sp³-hybridized carbons (Fsp3) is 0.467. The predicted molar refractivity (Wildman–Crippen MR) is 76.1 cm³/mol. The highest BCUT2D eigenvalue weighted by Crippen LogP contribution is 2.19. The van der Waals surface area contributed by atoms with Crippen molar-refractivity contribution >= 4 is 11.9 Å². The van der Waals surface area contributed by atoms with Crippen molar-refractivity contribution in [3.63, 3.8) is 0 Å². The fourth-order valence-electron chi connectivity index (χ4n) is 1.85. The third kappa shape index (κ3) is 4.57. The molecule has 0 aliphatic rings. The first-order valence-corrected chi connectivity index (χ1v) is 6.74. The molecule has 5 heteroatoms. The monoisotopic (exact) mass is 279 g/mol. The van der Waals surface area contributed by atoms with E-state index in [9.17, 15) is 9.59 Å². The highest BCUT2D eigenvalue weighted by atomic mass is 16.5. The van der Waals surface area contributed by atoms with Crippen molar-refractivity contribution in [2.45, 2.75) is 39.7 Å². The average Bonchev–Trinajstić information content (AvgIpc) is 2.43. The summed E-state index contributed by atoms with van der Waals surface area (Å²) in [5.41, 5.74) is 0.900. The molecule has 1 aromatic carbocycles. The standard InChI is InChI=1S/C15H21NO4/c1-4-12(5-2)16-14(17)9-20-13-7-6-11(15(18)19)8-10(13)3/h6-8,12H,4-5,9H2,1-3H3,(H,16,17)(H,18,19). The summed E-state index contributed by atoms with van der Waals surface area (Å²) >= 11 is 0. The van der Waals surface area contributed by atoms with Crippen LogP contribution < -0.4 is 10.1 Å². The zero-order valence-electron chi connectivity index (χ0n) is 12.1. The van der Waals surface area contributed by atoms with E-state index in [1.165, 1.54) is 12.1 Å². The van der Waals surface area contributed by atoms with Crippen molar-refractivity contribution in [1.82, 2.24) is 5.32 Å². The summed E-state index contributed by atoms with van der Waals surface area (Å²) < 4.78 is 5.42. The summed E-state index contributed by atoms with van der Waals surface area (Å²) in [6.07, 6.45) is 1.77. The molecule has 0 saturated heterocycles. The van der Waals surface area contributed by atoms with Gasteiger partial charge in [0.25, 0.3) is 5.91 Å². The third-order valence-electron chi connectivity index (χ3n) is 3.13. The molecular formula is C15H21NO4. The number of benzene rings is 1. The summed E-state index contributed by atoms with van der Waals surface area (Å²) in [5.74, 6) is -0.624. The van der Waals surface area contributed by atoms with Crippen LogP contribution in [0.5, 0.6) is 5.75 Å². The van der Waals surface area contributed by atoms with E-state index in [2.05, 4.69) is 5.32 Å². The first-order chi connectivity index (χ1) is 9.47. The van der Waals surface area contributed by atoms with E-state index in [-0.39, 0.29) is 24.1 Å². The molecule has 1 amide bonds. The minimum absolute atomic E-state index is 0.0657. The summed E-state index contributed by atoms with van der Waals surface area (Å²) in [6.45, 7) is 5.72. The maximum absolute atomic E-state index is 11.7. The highest BCUT2D eigenvalue weighted by molar-refractivity contribution is 5.88. The number of hydrogen-bond donors (Lipinski definition) is 2. The molecule has 0 spiro atoms.